The van der Waals surface area contributed by atoms with E-state index in [0.29, 0.717) is 18.3 Å². The van der Waals surface area contributed by atoms with E-state index >= 15 is 0 Å². The quantitative estimate of drug-likeness (QED) is 0.468. The number of fused-ring (bicyclic) bond motifs is 2. The molecular formula is C22H22N2O3S. The van der Waals surface area contributed by atoms with E-state index in [-0.39, 0.29) is 12.3 Å². The first-order chi connectivity index (χ1) is 13.6. The number of hydrogen-bond acceptors (Lipinski definition) is 5. The molecule has 0 aliphatic heterocycles. The van der Waals surface area contributed by atoms with E-state index in [4.69, 9.17) is 9.15 Å². The van der Waals surface area contributed by atoms with Crippen molar-refractivity contribution in [2.45, 2.75) is 20.3 Å². The van der Waals surface area contributed by atoms with Crippen molar-refractivity contribution in [1.82, 2.24) is 4.98 Å². The fourth-order valence-electron chi connectivity index (χ4n) is 3.27. The third-order valence-corrected chi connectivity index (χ3v) is 6.08. The Morgan fingerprint density at radius 1 is 1.21 bits per heavy atom. The monoisotopic (exact) mass is 394 g/mol. The maximum atomic E-state index is 13.2. The molecule has 144 valence electrons. The van der Waals surface area contributed by atoms with Gasteiger partial charge in [0.2, 0.25) is 5.91 Å². The van der Waals surface area contributed by atoms with Gasteiger partial charge in [0.1, 0.15) is 5.58 Å². The molecule has 0 fully saturated rings. The number of amides is 1. The summed E-state index contributed by atoms with van der Waals surface area (Å²) in [6.45, 7) is 5.01. The smallest absolute Gasteiger partial charge is 0.233 e. The van der Waals surface area contributed by atoms with Gasteiger partial charge in [0.15, 0.2) is 5.13 Å². The largest absolute Gasteiger partial charge is 0.464 e. The van der Waals surface area contributed by atoms with Crippen LogP contribution in [-0.2, 0) is 16.0 Å². The van der Waals surface area contributed by atoms with Crippen LogP contribution in [0.2, 0.25) is 0 Å². The van der Waals surface area contributed by atoms with Crippen LogP contribution in [-0.4, -0.2) is 31.2 Å². The Morgan fingerprint density at radius 2 is 2.04 bits per heavy atom. The Morgan fingerprint density at radius 3 is 2.82 bits per heavy atom. The lowest BCUT2D eigenvalue weighted by atomic mass is 10.0. The predicted octanol–water partition coefficient (Wildman–Crippen LogP) is 4.88. The van der Waals surface area contributed by atoms with Crippen LogP contribution in [0.3, 0.4) is 0 Å². The molecule has 0 atom stereocenters. The van der Waals surface area contributed by atoms with Crippen LogP contribution in [0, 0.1) is 13.8 Å². The van der Waals surface area contributed by atoms with E-state index < -0.39 is 0 Å². The van der Waals surface area contributed by atoms with Crippen LogP contribution in [0.1, 0.15) is 16.7 Å². The molecule has 2 aromatic carbocycles. The first-order valence-electron chi connectivity index (χ1n) is 9.19. The number of furan rings is 1. The number of para-hydroxylation sites is 1. The highest BCUT2D eigenvalue weighted by molar-refractivity contribution is 7.22. The number of rotatable bonds is 6. The zero-order valence-electron chi connectivity index (χ0n) is 16.2. The SMILES string of the molecule is COCCN(C(=O)Cc1coc2c(C)c(C)ccc12)c1nc2ccccc2s1. The Balaban J connectivity index is 1.65. The first kappa shape index (κ1) is 18.7. The van der Waals surface area contributed by atoms with Gasteiger partial charge in [-0.2, -0.15) is 0 Å². The fraction of sp³-hybridized carbons (Fsp3) is 0.273. The summed E-state index contributed by atoms with van der Waals surface area (Å²) >= 11 is 1.52. The first-order valence-corrected chi connectivity index (χ1v) is 10.0. The maximum absolute atomic E-state index is 13.2. The number of methoxy groups -OCH3 is 1. The molecule has 0 bridgehead atoms. The lowest BCUT2D eigenvalue weighted by molar-refractivity contribution is -0.118. The molecule has 28 heavy (non-hydrogen) atoms. The number of ether oxygens (including phenoxy) is 1. The van der Waals surface area contributed by atoms with Crippen LogP contribution < -0.4 is 4.90 Å². The third-order valence-electron chi connectivity index (χ3n) is 5.02. The number of hydrogen-bond donors (Lipinski definition) is 0. The lowest BCUT2D eigenvalue weighted by Crippen LogP contribution is -2.35. The predicted molar refractivity (Wildman–Crippen MR) is 113 cm³/mol. The van der Waals surface area contributed by atoms with E-state index in [2.05, 4.69) is 18.0 Å². The number of aromatic nitrogens is 1. The zero-order valence-corrected chi connectivity index (χ0v) is 17.0. The van der Waals surface area contributed by atoms with Gasteiger partial charge in [0, 0.05) is 18.1 Å². The Bertz CT molecular complexity index is 1110. The summed E-state index contributed by atoms with van der Waals surface area (Å²) in [5, 5.41) is 1.69. The average Bonchev–Trinajstić information content (AvgIpc) is 3.29. The normalized spacial score (nSPS) is 11.4. The van der Waals surface area contributed by atoms with E-state index in [1.165, 1.54) is 16.9 Å². The van der Waals surface area contributed by atoms with Crippen LogP contribution in [0.5, 0.6) is 0 Å². The molecule has 0 N–H and O–H groups in total. The van der Waals surface area contributed by atoms with Crippen molar-refractivity contribution in [3.05, 3.63) is 59.4 Å². The summed E-state index contributed by atoms with van der Waals surface area (Å²) in [5.41, 5.74) is 4.94. The topological polar surface area (TPSA) is 55.6 Å². The summed E-state index contributed by atoms with van der Waals surface area (Å²) in [5.74, 6) is -0.0166. The summed E-state index contributed by atoms with van der Waals surface area (Å²) in [4.78, 5) is 19.5. The van der Waals surface area contributed by atoms with Gasteiger partial charge in [-0.05, 0) is 37.1 Å². The molecule has 5 nitrogen and oxygen atoms in total. The maximum Gasteiger partial charge on any atom is 0.233 e. The van der Waals surface area contributed by atoms with Crippen LogP contribution >= 0.6 is 11.3 Å². The highest BCUT2D eigenvalue weighted by atomic mass is 32.1. The minimum Gasteiger partial charge on any atom is -0.464 e. The number of benzene rings is 2. The summed E-state index contributed by atoms with van der Waals surface area (Å²) in [6.07, 6.45) is 1.96. The van der Waals surface area contributed by atoms with Gasteiger partial charge in [0.25, 0.3) is 0 Å². The second kappa shape index (κ2) is 7.73. The number of thiazole rings is 1. The molecular weight excluding hydrogens is 372 g/mol. The molecule has 6 heteroatoms. The van der Waals surface area contributed by atoms with Gasteiger partial charge < -0.3 is 9.15 Å². The van der Waals surface area contributed by atoms with Crippen molar-refractivity contribution < 1.29 is 13.9 Å². The molecule has 2 aromatic heterocycles. The van der Waals surface area contributed by atoms with Gasteiger partial charge in [-0.1, -0.05) is 35.6 Å². The Hall–Kier alpha value is -2.70. The average molecular weight is 394 g/mol. The summed E-state index contributed by atoms with van der Waals surface area (Å²) in [6, 6.07) is 12.0. The molecule has 0 spiro atoms. The van der Waals surface area contributed by atoms with Crippen molar-refractivity contribution in [3.63, 3.8) is 0 Å². The van der Waals surface area contributed by atoms with Crippen molar-refractivity contribution in [1.29, 1.82) is 0 Å². The van der Waals surface area contributed by atoms with Crippen LogP contribution in [0.15, 0.2) is 47.1 Å². The van der Waals surface area contributed by atoms with Gasteiger partial charge in [-0.15, -0.1) is 0 Å². The third kappa shape index (κ3) is 3.41. The molecule has 1 amide bonds. The summed E-state index contributed by atoms with van der Waals surface area (Å²) in [7, 11) is 1.63. The number of carbonyl (C=O) groups is 1. The van der Waals surface area contributed by atoms with E-state index in [9.17, 15) is 4.79 Å². The Labute approximate surface area is 167 Å². The number of aryl methyl sites for hydroxylation is 2. The minimum atomic E-state index is -0.0166. The molecule has 4 aromatic rings. The molecule has 0 saturated heterocycles. The minimum absolute atomic E-state index is 0.0166. The lowest BCUT2D eigenvalue weighted by Gasteiger charge is -2.19. The number of nitrogens with zero attached hydrogens (tertiary/aromatic N) is 2. The van der Waals surface area contributed by atoms with Gasteiger partial charge in [0.05, 0.1) is 36.1 Å². The summed E-state index contributed by atoms with van der Waals surface area (Å²) < 4.78 is 12.0. The highest BCUT2D eigenvalue weighted by Crippen LogP contribution is 2.30. The van der Waals surface area contributed by atoms with Crippen molar-refractivity contribution >= 4 is 43.6 Å². The number of carbonyl (C=O) groups excluding carboxylic acids is 1. The molecule has 0 aliphatic rings. The van der Waals surface area contributed by atoms with Gasteiger partial charge in [-0.3, -0.25) is 9.69 Å². The number of anilines is 1. The second-order valence-electron chi connectivity index (χ2n) is 6.82. The van der Waals surface area contributed by atoms with Gasteiger partial charge >= 0.3 is 0 Å². The fourth-order valence-corrected chi connectivity index (χ4v) is 4.28. The standard InChI is InChI=1S/C22H22N2O3S/c1-14-8-9-17-16(13-27-21(17)15(14)2)12-20(25)24(10-11-26-3)22-23-18-6-4-5-7-19(18)28-22/h4-9,13H,10-12H2,1-3H3. The molecule has 4 rings (SSSR count). The molecule has 0 unspecified atom stereocenters. The Kier molecular flexibility index (Phi) is 5.15. The molecule has 2 heterocycles. The van der Waals surface area contributed by atoms with E-state index in [1.807, 2.05) is 37.3 Å². The zero-order chi connectivity index (χ0) is 19.7. The van der Waals surface area contributed by atoms with E-state index in [1.54, 1.807) is 18.3 Å². The van der Waals surface area contributed by atoms with Crippen LogP contribution in [0.4, 0.5) is 5.13 Å². The molecule has 0 saturated carbocycles. The molecule has 0 radical (unpaired) electrons. The van der Waals surface area contributed by atoms with Crippen molar-refractivity contribution in [2.24, 2.45) is 0 Å². The van der Waals surface area contributed by atoms with Crippen LogP contribution in [0.25, 0.3) is 21.2 Å². The van der Waals surface area contributed by atoms with Gasteiger partial charge in [-0.25, -0.2) is 4.98 Å². The van der Waals surface area contributed by atoms with Crippen molar-refractivity contribution in [3.8, 4) is 0 Å². The highest BCUT2D eigenvalue weighted by Gasteiger charge is 2.22. The molecule has 0 aliphatic carbocycles. The second-order valence-corrected chi connectivity index (χ2v) is 7.83. The van der Waals surface area contributed by atoms with E-state index in [0.717, 1.165) is 32.3 Å². The van der Waals surface area contributed by atoms with Crippen molar-refractivity contribution in [2.75, 3.05) is 25.2 Å².